The summed E-state index contributed by atoms with van der Waals surface area (Å²) in [6.45, 7) is 8.30. The van der Waals surface area contributed by atoms with Crippen molar-refractivity contribution >= 4 is 29.0 Å². The maximum Gasteiger partial charge on any atom is 0.338 e. The molecule has 2 rings (SSSR count). The summed E-state index contributed by atoms with van der Waals surface area (Å²) in [6.07, 6.45) is 0. The smallest absolute Gasteiger partial charge is 0.338 e. The van der Waals surface area contributed by atoms with Gasteiger partial charge in [0.15, 0.2) is 5.11 Å². The summed E-state index contributed by atoms with van der Waals surface area (Å²) in [6, 6.07) is 13.9. The van der Waals surface area contributed by atoms with Crippen molar-refractivity contribution in [3.05, 3.63) is 64.7 Å². The first kappa shape index (κ1) is 19.9. The first-order valence-electron chi connectivity index (χ1n) is 8.66. The molecule has 0 bridgehead atoms. The second kappa shape index (κ2) is 8.81. The number of nitrogens with one attached hydrogen (secondary N) is 2. The molecule has 2 aromatic rings. The van der Waals surface area contributed by atoms with Gasteiger partial charge in [0, 0.05) is 5.69 Å². The summed E-state index contributed by atoms with van der Waals surface area (Å²) in [5, 5.41) is 7.16. The lowest BCUT2D eigenvalue weighted by Crippen LogP contribution is -2.35. The van der Waals surface area contributed by atoms with Crippen molar-refractivity contribution in [3.8, 4) is 0 Å². The van der Waals surface area contributed by atoms with E-state index in [0.29, 0.717) is 16.6 Å². The molecule has 4 nitrogen and oxygen atoms in total. The molecule has 0 radical (unpaired) electrons. The van der Waals surface area contributed by atoms with Gasteiger partial charge in [-0.25, -0.2) is 4.79 Å². The van der Waals surface area contributed by atoms with Gasteiger partial charge in [-0.3, -0.25) is 0 Å². The molecule has 0 saturated heterocycles. The van der Waals surface area contributed by atoms with Crippen LogP contribution in [0.5, 0.6) is 0 Å². The minimum Gasteiger partial charge on any atom is -0.465 e. The minimum absolute atomic E-state index is 0.0975. The zero-order valence-electron chi connectivity index (χ0n) is 15.9. The third-order valence-corrected chi connectivity index (χ3v) is 4.68. The normalized spacial score (nSPS) is 11.8. The fourth-order valence-corrected chi connectivity index (χ4v) is 3.18. The first-order valence-corrected chi connectivity index (χ1v) is 9.07. The number of esters is 1. The van der Waals surface area contributed by atoms with E-state index >= 15 is 0 Å². The van der Waals surface area contributed by atoms with Crippen molar-refractivity contribution < 1.29 is 9.53 Å². The number of thiocarbonyl (C=S) groups is 1. The molecule has 1 unspecified atom stereocenters. The number of aryl methyl sites for hydroxylation is 1. The third-order valence-electron chi connectivity index (χ3n) is 4.46. The number of carbonyl (C=O) groups excluding carboxylic acids is 1. The van der Waals surface area contributed by atoms with Crippen molar-refractivity contribution in [2.45, 2.75) is 33.7 Å². The summed E-state index contributed by atoms with van der Waals surface area (Å²) in [5.74, 6) is 0.00310. The van der Waals surface area contributed by atoms with E-state index in [1.807, 2.05) is 31.2 Å². The zero-order chi connectivity index (χ0) is 19.3. The van der Waals surface area contributed by atoms with Crippen LogP contribution in [0.2, 0.25) is 0 Å². The number of hydrogen-bond donors (Lipinski definition) is 2. The van der Waals surface area contributed by atoms with Crippen molar-refractivity contribution in [2.75, 3.05) is 12.4 Å². The number of anilines is 1. The molecule has 26 heavy (non-hydrogen) atoms. The number of hydrogen-bond acceptors (Lipinski definition) is 3. The predicted molar refractivity (Wildman–Crippen MR) is 111 cm³/mol. The summed E-state index contributed by atoms with van der Waals surface area (Å²) in [7, 11) is 1.38. The summed E-state index contributed by atoms with van der Waals surface area (Å²) in [4.78, 5) is 11.9. The molecule has 0 spiro atoms. The van der Waals surface area contributed by atoms with E-state index in [1.54, 1.807) is 6.07 Å². The summed E-state index contributed by atoms with van der Waals surface area (Å²) < 4.78 is 4.83. The van der Waals surface area contributed by atoms with Gasteiger partial charge in [0.25, 0.3) is 0 Å². The second-order valence-electron chi connectivity index (χ2n) is 6.65. The van der Waals surface area contributed by atoms with E-state index in [0.717, 1.165) is 11.3 Å². The Hall–Kier alpha value is -2.40. The standard InChI is InChI=1S/C21H26N2O2S/c1-13(2)19(16-10-7-6-9-14(16)3)23-21(26)22-18-12-8-11-17(15(18)4)20(24)25-5/h6-13,19H,1-5H3,(H2,22,23,26). The average Bonchev–Trinajstić information content (AvgIpc) is 2.61. The van der Waals surface area contributed by atoms with Gasteiger partial charge in [-0.05, 0) is 60.8 Å². The second-order valence-corrected chi connectivity index (χ2v) is 7.05. The molecule has 2 aromatic carbocycles. The van der Waals surface area contributed by atoms with E-state index in [2.05, 4.69) is 43.5 Å². The Morgan fingerprint density at radius 3 is 2.38 bits per heavy atom. The van der Waals surface area contributed by atoms with Crippen LogP contribution in [-0.4, -0.2) is 18.2 Å². The van der Waals surface area contributed by atoms with Gasteiger partial charge in [-0.1, -0.05) is 44.2 Å². The topological polar surface area (TPSA) is 50.4 Å². The molecule has 0 aliphatic rings. The number of benzene rings is 2. The van der Waals surface area contributed by atoms with Gasteiger partial charge >= 0.3 is 5.97 Å². The van der Waals surface area contributed by atoms with Crippen LogP contribution >= 0.6 is 12.2 Å². The Bertz CT molecular complexity index is 802. The van der Waals surface area contributed by atoms with Gasteiger partial charge in [-0.15, -0.1) is 0 Å². The van der Waals surface area contributed by atoms with Gasteiger partial charge in [-0.2, -0.15) is 0 Å². The molecule has 0 aliphatic heterocycles. The molecule has 0 aliphatic carbocycles. The van der Waals surface area contributed by atoms with Crippen LogP contribution in [0.1, 0.15) is 46.9 Å². The fourth-order valence-electron chi connectivity index (χ4n) is 2.94. The number of methoxy groups -OCH3 is 1. The molecule has 0 saturated carbocycles. The van der Waals surface area contributed by atoms with Gasteiger partial charge in [0.05, 0.1) is 18.7 Å². The Morgan fingerprint density at radius 1 is 1.08 bits per heavy atom. The number of rotatable bonds is 5. The lowest BCUT2D eigenvalue weighted by atomic mass is 9.93. The Labute approximate surface area is 161 Å². The SMILES string of the molecule is COC(=O)c1cccc(NC(=S)NC(c2ccccc2C)C(C)C)c1C. The number of ether oxygens (including phenoxy) is 1. The quantitative estimate of drug-likeness (QED) is 0.586. The van der Waals surface area contributed by atoms with Crippen LogP contribution in [0.25, 0.3) is 0 Å². The highest BCUT2D eigenvalue weighted by molar-refractivity contribution is 7.80. The summed E-state index contributed by atoms with van der Waals surface area (Å²) in [5.41, 5.74) is 4.58. The number of carbonyl (C=O) groups is 1. The van der Waals surface area contributed by atoms with E-state index in [1.165, 1.54) is 18.2 Å². The zero-order valence-corrected chi connectivity index (χ0v) is 16.7. The maximum absolute atomic E-state index is 11.9. The highest BCUT2D eigenvalue weighted by atomic mass is 32.1. The molecule has 0 heterocycles. The van der Waals surface area contributed by atoms with Crippen LogP contribution in [-0.2, 0) is 4.74 Å². The Kier molecular flexibility index (Phi) is 6.75. The molecule has 0 amide bonds. The highest BCUT2D eigenvalue weighted by Gasteiger charge is 2.19. The minimum atomic E-state index is -0.356. The molecule has 138 valence electrons. The Balaban J connectivity index is 2.20. The first-order chi connectivity index (χ1) is 12.3. The van der Waals surface area contributed by atoms with Crippen molar-refractivity contribution in [2.24, 2.45) is 5.92 Å². The highest BCUT2D eigenvalue weighted by Crippen LogP contribution is 2.25. The van der Waals surface area contributed by atoms with E-state index < -0.39 is 0 Å². The van der Waals surface area contributed by atoms with E-state index in [-0.39, 0.29) is 12.0 Å². The average molecular weight is 371 g/mol. The molecule has 0 fully saturated rings. The fraction of sp³-hybridized carbons (Fsp3) is 0.333. The van der Waals surface area contributed by atoms with Gasteiger partial charge in [0.1, 0.15) is 0 Å². The van der Waals surface area contributed by atoms with Crippen molar-refractivity contribution in [3.63, 3.8) is 0 Å². The van der Waals surface area contributed by atoms with Crippen LogP contribution < -0.4 is 10.6 Å². The lowest BCUT2D eigenvalue weighted by Gasteiger charge is -2.26. The molecular formula is C21H26N2O2S. The maximum atomic E-state index is 11.9. The largest absolute Gasteiger partial charge is 0.465 e. The van der Waals surface area contributed by atoms with Crippen molar-refractivity contribution in [1.82, 2.24) is 5.32 Å². The van der Waals surface area contributed by atoms with Crippen LogP contribution in [0, 0.1) is 19.8 Å². The van der Waals surface area contributed by atoms with Crippen LogP contribution in [0.15, 0.2) is 42.5 Å². The van der Waals surface area contributed by atoms with E-state index in [9.17, 15) is 4.79 Å². The molecular weight excluding hydrogens is 344 g/mol. The Morgan fingerprint density at radius 2 is 1.77 bits per heavy atom. The van der Waals surface area contributed by atoms with Crippen LogP contribution in [0.3, 0.4) is 0 Å². The molecule has 1 atom stereocenters. The lowest BCUT2D eigenvalue weighted by molar-refractivity contribution is 0.0600. The molecule has 5 heteroatoms. The van der Waals surface area contributed by atoms with E-state index in [4.69, 9.17) is 17.0 Å². The molecule has 2 N–H and O–H groups in total. The predicted octanol–water partition coefficient (Wildman–Crippen LogP) is 4.77. The third kappa shape index (κ3) is 4.61. The van der Waals surface area contributed by atoms with Crippen LogP contribution in [0.4, 0.5) is 5.69 Å². The molecule has 0 aromatic heterocycles. The van der Waals surface area contributed by atoms with Gasteiger partial charge < -0.3 is 15.4 Å². The monoisotopic (exact) mass is 370 g/mol. The van der Waals surface area contributed by atoms with Gasteiger partial charge in [0.2, 0.25) is 0 Å². The van der Waals surface area contributed by atoms with Crippen molar-refractivity contribution in [1.29, 1.82) is 0 Å². The summed E-state index contributed by atoms with van der Waals surface area (Å²) >= 11 is 5.53.